The van der Waals surface area contributed by atoms with Crippen LogP contribution in [0.5, 0.6) is 0 Å². The average Bonchev–Trinajstić information content (AvgIpc) is 2.89. The lowest BCUT2D eigenvalue weighted by molar-refractivity contribution is -0.149. The minimum absolute atomic E-state index is 0.106. The average molecular weight is 483 g/mol. The number of nitrogens with zero attached hydrogens (tertiary/aromatic N) is 4. The number of amides is 2. The molecule has 1 N–H and O–H groups in total. The lowest BCUT2D eigenvalue weighted by Crippen LogP contribution is -2.45. The van der Waals surface area contributed by atoms with Crippen molar-refractivity contribution in [3.05, 3.63) is 87.9 Å². The molecule has 1 aliphatic carbocycles. The summed E-state index contributed by atoms with van der Waals surface area (Å²) in [6, 6.07) is 15.2. The second-order valence-corrected chi connectivity index (χ2v) is 8.95. The van der Waals surface area contributed by atoms with Crippen molar-refractivity contribution < 1.29 is 19.5 Å². The van der Waals surface area contributed by atoms with E-state index in [4.69, 9.17) is 11.7 Å². The summed E-state index contributed by atoms with van der Waals surface area (Å²) in [7, 11) is 0. The summed E-state index contributed by atoms with van der Waals surface area (Å²) >= 11 is 0. The highest BCUT2D eigenvalue weighted by Crippen LogP contribution is 2.33. The molecular formula is C28H26N4O4. The Hall–Kier alpha value is -4.38. The molecule has 0 spiro atoms. The maximum Gasteiger partial charge on any atom is 0.323 e. The van der Waals surface area contributed by atoms with Gasteiger partial charge in [-0.15, -0.1) is 0 Å². The normalized spacial score (nSPS) is 18.2. The molecule has 0 atom stereocenters. The van der Waals surface area contributed by atoms with E-state index in [1.54, 1.807) is 24.3 Å². The zero-order valence-corrected chi connectivity index (χ0v) is 20.0. The van der Waals surface area contributed by atoms with Crippen molar-refractivity contribution in [1.82, 2.24) is 4.90 Å². The van der Waals surface area contributed by atoms with Crippen molar-refractivity contribution in [2.24, 2.45) is 10.2 Å². The number of imide groups is 1. The Kier molecular flexibility index (Phi) is 7.50. The Bertz CT molecular complexity index is 1310. The van der Waals surface area contributed by atoms with Gasteiger partial charge >= 0.3 is 5.97 Å². The number of azo groups is 1. The molecule has 0 bridgehead atoms. The molecule has 1 fully saturated rings. The molecule has 2 aliphatic rings. The molecule has 2 aromatic rings. The number of aliphatic carboxylic acids is 1. The van der Waals surface area contributed by atoms with Crippen LogP contribution in [0.15, 0.2) is 75.6 Å². The molecule has 0 saturated heterocycles. The molecular weight excluding hydrogens is 456 g/mol. The maximum absolute atomic E-state index is 12.8. The third-order valence-electron chi connectivity index (χ3n) is 6.54. The lowest BCUT2D eigenvalue weighted by Gasteiger charge is -2.26. The number of carbonyl (C=O) groups is 3. The van der Waals surface area contributed by atoms with Crippen LogP contribution in [0, 0.1) is 6.57 Å². The first-order valence-corrected chi connectivity index (χ1v) is 11.9. The lowest BCUT2D eigenvalue weighted by atomic mass is 9.84. The van der Waals surface area contributed by atoms with Crippen LogP contribution in [0.25, 0.3) is 10.9 Å². The Balaban J connectivity index is 1.50. The molecule has 0 radical (unpaired) electrons. The van der Waals surface area contributed by atoms with Crippen LogP contribution in [0.2, 0.25) is 0 Å². The number of carboxylic acid groups (broad SMARTS) is 1. The van der Waals surface area contributed by atoms with Crippen LogP contribution in [0.1, 0.15) is 56.1 Å². The van der Waals surface area contributed by atoms with Crippen molar-refractivity contribution in [1.29, 1.82) is 0 Å². The van der Waals surface area contributed by atoms with Gasteiger partial charge in [0.2, 0.25) is 0 Å². The van der Waals surface area contributed by atoms with Crippen LogP contribution in [-0.2, 0) is 14.4 Å². The van der Waals surface area contributed by atoms with E-state index < -0.39 is 24.3 Å². The number of hydrogen-bond donors (Lipinski definition) is 1. The topological polar surface area (TPSA) is 104 Å². The molecule has 0 unspecified atom stereocenters. The molecule has 2 amide bonds. The summed E-state index contributed by atoms with van der Waals surface area (Å²) in [4.78, 5) is 40.1. The van der Waals surface area contributed by atoms with Crippen molar-refractivity contribution >= 4 is 35.2 Å². The van der Waals surface area contributed by atoms with Gasteiger partial charge in [-0.25, -0.2) is 4.85 Å². The van der Waals surface area contributed by atoms with Crippen LogP contribution in [0.4, 0.5) is 11.4 Å². The molecule has 1 aliphatic heterocycles. The van der Waals surface area contributed by atoms with Gasteiger partial charge in [-0.3, -0.25) is 19.3 Å². The second-order valence-electron chi connectivity index (χ2n) is 8.95. The van der Waals surface area contributed by atoms with Crippen LogP contribution >= 0.6 is 0 Å². The van der Waals surface area contributed by atoms with E-state index >= 15 is 0 Å². The third-order valence-corrected chi connectivity index (χ3v) is 6.54. The summed E-state index contributed by atoms with van der Waals surface area (Å²) in [6.07, 6.45) is 7.95. The summed E-state index contributed by atoms with van der Waals surface area (Å²) in [5, 5.41) is 17.7. The fourth-order valence-electron chi connectivity index (χ4n) is 4.56. The maximum atomic E-state index is 12.8. The molecule has 1 saturated carbocycles. The number of carbonyl (C=O) groups excluding carboxylic acids is 2. The molecule has 2 aromatic carbocycles. The Morgan fingerprint density at radius 3 is 2.14 bits per heavy atom. The zero-order chi connectivity index (χ0) is 25.7. The minimum Gasteiger partial charge on any atom is -0.480 e. The quantitative estimate of drug-likeness (QED) is 0.230. The fourth-order valence-corrected chi connectivity index (χ4v) is 4.56. The second kappa shape index (κ2) is 10.9. The summed E-state index contributed by atoms with van der Waals surface area (Å²) in [6.45, 7) is 7.99. The largest absolute Gasteiger partial charge is 0.480 e. The zero-order valence-electron chi connectivity index (χ0n) is 20.0. The Morgan fingerprint density at radius 2 is 1.58 bits per heavy atom. The van der Waals surface area contributed by atoms with E-state index in [9.17, 15) is 14.4 Å². The van der Waals surface area contributed by atoms with E-state index in [0.717, 1.165) is 5.69 Å². The molecule has 8 heteroatoms. The summed E-state index contributed by atoms with van der Waals surface area (Å²) in [5.74, 6) is -2.33. The number of benzene rings is 2. The van der Waals surface area contributed by atoms with Gasteiger partial charge in [0.25, 0.3) is 17.5 Å². The summed E-state index contributed by atoms with van der Waals surface area (Å²) < 4.78 is 0. The number of hydrogen-bond acceptors (Lipinski definition) is 5. The molecule has 4 rings (SSSR count). The van der Waals surface area contributed by atoms with Gasteiger partial charge in [-0.1, -0.05) is 43.5 Å². The van der Waals surface area contributed by atoms with Gasteiger partial charge in [-0.2, -0.15) is 10.2 Å². The van der Waals surface area contributed by atoms with Gasteiger partial charge in [0.05, 0.1) is 17.9 Å². The highest BCUT2D eigenvalue weighted by atomic mass is 16.4. The van der Waals surface area contributed by atoms with Gasteiger partial charge in [0.15, 0.2) is 0 Å². The smallest absolute Gasteiger partial charge is 0.323 e. The van der Waals surface area contributed by atoms with Crippen molar-refractivity contribution in [2.75, 3.05) is 6.54 Å². The van der Waals surface area contributed by atoms with E-state index in [0.29, 0.717) is 22.1 Å². The highest BCUT2D eigenvalue weighted by Gasteiger charge is 2.36. The van der Waals surface area contributed by atoms with Crippen LogP contribution < -0.4 is 0 Å². The molecule has 8 nitrogen and oxygen atoms in total. The van der Waals surface area contributed by atoms with E-state index in [1.807, 2.05) is 12.1 Å². The predicted octanol–water partition coefficient (Wildman–Crippen LogP) is 6.18. The molecule has 36 heavy (non-hydrogen) atoms. The molecule has 182 valence electrons. The minimum atomic E-state index is -1.33. The Labute approximate surface area is 209 Å². The van der Waals surface area contributed by atoms with Crippen molar-refractivity contribution in [2.45, 2.75) is 44.9 Å². The van der Waals surface area contributed by atoms with Gasteiger partial charge in [-0.05, 0) is 72.7 Å². The Morgan fingerprint density at radius 1 is 1.00 bits per heavy atom. The first kappa shape index (κ1) is 24.7. The molecule has 1 heterocycles. The predicted molar refractivity (Wildman–Crippen MR) is 135 cm³/mol. The third kappa shape index (κ3) is 5.47. The van der Waals surface area contributed by atoms with Gasteiger partial charge < -0.3 is 5.11 Å². The fraction of sp³-hybridized carbons (Fsp3) is 0.286. The molecule has 0 aromatic heterocycles. The monoisotopic (exact) mass is 482 g/mol. The standard InChI is InChI=1S/C28H26N4O4/c1-18-24(27(35)32(17-25(33)34)28(36)26(18)29-2)16-19-8-12-22(13-9-19)30-31-23-14-10-21(11-15-23)20-6-4-3-5-7-20/h8-16,20H,3-7,17H2,1H3,(H,33,34)/b24-16-,31-30?. The van der Waals surface area contributed by atoms with Crippen molar-refractivity contribution in [3.63, 3.8) is 0 Å². The van der Waals surface area contributed by atoms with Gasteiger partial charge in [0.1, 0.15) is 6.54 Å². The highest BCUT2D eigenvalue weighted by molar-refractivity contribution is 6.19. The SMILES string of the molecule is [C-]#[N+]C1=C(C)/C(=C/c2ccc(N=Nc3ccc(C4CCCCC4)cc3)cc2)C(=O)N(CC(=O)O)C1=O. The van der Waals surface area contributed by atoms with E-state index in [-0.39, 0.29) is 16.8 Å². The van der Waals surface area contributed by atoms with E-state index in [1.165, 1.54) is 50.7 Å². The first-order chi connectivity index (χ1) is 17.4. The first-order valence-electron chi connectivity index (χ1n) is 11.9. The number of carboxylic acids is 1. The van der Waals surface area contributed by atoms with Gasteiger partial charge in [0, 0.05) is 5.57 Å². The van der Waals surface area contributed by atoms with Crippen LogP contribution in [0.3, 0.4) is 0 Å². The number of rotatable bonds is 6. The van der Waals surface area contributed by atoms with Crippen molar-refractivity contribution in [3.8, 4) is 0 Å². The van der Waals surface area contributed by atoms with E-state index in [2.05, 4.69) is 27.2 Å². The summed E-state index contributed by atoms with van der Waals surface area (Å²) in [5.41, 5.74) is 3.46. The van der Waals surface area contributed by atoms with Crippen LogP contribution in [-0.4, -0.2) is 34.3 Å².